The Balaban J connectivity index is 1.59. The molecule has 7 nitrogen and oxygen atoms in total. The molecule has 2 unspecified atom stereocenters. The van der Waals surface area contributed by atoms with Crippen molar-refractivity contribution in [3.05, 3.63) is 22.8 Å². The number of carbonyl (C=O) groups is 2. The van der Waals surface area contributed by atoms with Gasteiger partial charge in [0, 0.05) is 25.7 Å². The fourth-order valence-corrected chi connectivity index (χ4v) is 3.76. The Bertz CT molecular complexity index is 706. The fourth-order valence-electron chi connectivity index (χ4n) is 3.41. The Morgan fingerprint density at radius 2 is 2.04 bits per heavy atom. The molecular formula is C19H26BrN3O4. The monoisotopic (exact) mass is 439 g/mol. The molecule has 3 heterocycles. The van der Waals surface area contributed by atoms with Crippen LogP contribution in [0.3, 0.4) is 0 Å². The van der Waals surface area contributed by atoms with Crippen molar-refractivity contribution in [1.29, 1.82) is 0 Å². The minimum Gasteiger partial charge on any atom is -0.472 e. The number of aromatic nitrogens is 1. The summed E-state index contributed by atoms with van der Waals surface area (Å²) in [6, 6.07) is 3.25. The Labute approximate surface area is 168 Å². The van der Waals surface area contributed by atoms with Gasteiger partial charge in [0.25, 0.3) is 0 Å². The van der Waals surface area contributed by atoms with E-state index in [1.54, 1.807) is 16.0 Å². The number of rotatable bonds is 3. The SMILES string of the molecule is CC(C)(C)OC(=O)N1CCCC1C(=O)N1CCC(Oc2ncccc2Br)C1. The lowest BCUT2D eigenvalue weighted by molar-refractivity contribution is -0.135. The number of likely N-dealkylation sites (tertiary alicyclic amines) is 2. The van der Waals surface area contributed by atoms with E-state index in [1.165, 1.54) is 0 Å². The van der Waals surface area contributed by atoms with Gasteiger partial charge in [0.05, 0.1) is 11.0 Å². The highest BCUT2D eigenvalue weighted by molar-refractivity contribution is 9.10. The smallest absolute Gasteiger partial charge is 0.410 e. The third-order valence-corrected chi connectivity index (χ3v) is 5.23. The molecule has 0 aliphatic carbocycles. The first-order valence-electron chi connectivity index (χ1n) is 9.30. The molecule has 1 aromatic rings. The summed E-state index contributed by atoms with van der Waals surface area (Å²) >= 11 is 3.42. The minimum absolute atomic E-state index is 0.0236. The van der Waals surface area contributed by atoms with Crippen LogP contribution in [0.4, 0.5) is 4.79 Å². The van der Waals surface area contributed by atoms with Crippen molar-refractivity contribution >= 4 is 27.9 Å². The molecule has 2 aliphatic heterocycles. The first-order chi connectivity index (χ1) is 12.7. The van der Waals surface area contributed by atoms with Gasteiger partial charge in [-0.2, -0.15) is 0 Å². The molecule has 8 heteroatoms. The van der Waals surface area contributed by atoms with Crippen LogP contribution < -0.4 is 4.74 Å². The van der Waals surface area contributed by atoms with Gasteiger partial charge >= 0.3 is 6.09 Å². The van der Waals surface area contributed by atoms with E-state index in [0.29, 0.717) is 31.9 Å². The van der Waals surface area contributed by atoms with E-state index >= 15 is 0 Å². The number of pyridine rings is 1. The molecule has 148 valence electrons. The summed E-state index contributed by atoms with van der Waals surface area (Å²) in [5.41, 5.74) is -0.573. The van der Waals surface area contributed by atoms with E-state index in [1.807, 2.05) is 32.9 Å². The second kappa shape index (κ2) is 8.04. The molecule has 2 fully saturated rings. The molecule has 0 aromatic carbocycles. The van der Waals surface area contributed by atoms with Crippen molar-refractivity contribution in [2.75, 3.05) is 19.6 Å². The van der Waals surface area contributed by atoms with Crippen LogP contribution in [0.25, 0.3) is 0 Å². The van der Waals surface area contributed by atoms with Crippen molar-refractivity contribution in [3.8, 4) is 5.88 Å². The van der Waals surface area contributed by atoms with E-state index in [4.69, 9.17) is 9.47 Å². The van der Waals surface area contributed by atoms with Crippen LogP contribution in [-0.4, -0.2) is 64.2 Å². The molecule has 2 saturated heterocycles. The van der Waals surface area contributed by atoms with Gasteiger partial charge in [-0.25, -0.2) is 9.78 Å². The molecule has 0 saturated carbocycles. The molecule has 0 bridgehead atoms. The van der Waals surface area contributed by atoms with Crippen LogP contribution in [0.5, 0.6) is 5.88 Å². The highest BCUT2D eigenvalue weighted by Crippen LogP contribution is 2.27. The second-order valence-electron chi connectivity index (χ2n) is 7.93. The third-order valence-electron chi connectivity index (χ3n) is 4.63. The second-order valence-corrected chi connectivity index (χ2v) is 8.79. The molecule has 3 rings (SSSR count). The molecule has 0 N–H and O–H groups in total. The van der Waals surface area contributed by atoms with Crippen LogP contribution in [0, 0.1) is 0 Å². The molecular weight excluding hydrogens is 414 g/mol. The number of nitrogens with zero attached hydrogens (tertiary/aromatic N) is 3. The standard InChI is InChI=1S/C19H26BrN3O4/c1-19(2,3)27-18(25)23-10-5-7-15(23)17(24)22-11-8-13(12-22)26-16-14(20)6-4-9-21-16/h4,6,9,13,15H,5,7-8,10-12H2,1-3H3. The molecule has 0 spiro atoms. The van der Waals surface area contributed by atoms with E-state index in [2.05, 4.69) is 20.9 Å². The van der Waals surface area contributed by atoms with Crippen LogP contribution >= 0.6 is 15.9 Å². The number of carbonyl (C=O) groups excluding carboxylic acids is 2. The topological polar surface area (TPSA) is 72.0 Å². The van der Waals surface area contributed by atoms with Gasteiger partial charge in [-0.3, -0.25) is 9.69 Å². The van der Waals surface area contributed by atoms with Gasteiger partial charge in [0.15, 0.2) is 0 Å². The number of ether oxygens (including phenoxy) is 2. The lowest BCUT2D eigenvalue weighted by Crippen LogP contribution is -2.48. The first-order valence-corrected chi connectivity index (χ1v) is 10.1. The quantitative estimate of drug-likeness (QED) is 0.722. The lowest BCUT2D eigenvalue weighted by atomic mass is 10.2. The Hall–Kier alpha value is -1.83. The molecule has 2 amide bonds. The maximum absolute atomic E-state index is 13.0. The molecule has 2 atom stereocenters. The average molecular weight is 440 g/mol. The normalized spacial score (nSPS) is 22.8. The minimum atomic E-state index is -0.573. The lowest BCUT2D eigenvalue weighted by Gasteiger charge is -2.30. The summed E-state index contributed by atoms with van der Waals surface area (Å²) < 4.78 is 12.2. The van der Waals surface area contributed by atoms with Crippen molar-refractivity contribution in [3.63, 3.8) is 0 Å². The first kappa shape index (κ1) is 19.9. The number of hydrogen-bond acceptors (Lipinski definition) is 5. The van der Waals surface area contributed by atoms with E-state index in [-0.39, 0.29) is 12.0 Å². The van der Waals surface area contributed by atoms with Gasteiger partial charge in [-0.1, -0.05) is 0 Å². The van der Waals surface area contributed by atoms with Crippen LogP contribution in [0.15, 0.2) is 22.8 Å². The van der Waals surface area contributed by atoms with Gasteiger partial charge in [0.1, 0.15) is 17.7 Å². The summed E-state index contributed by atoms with van der Waals surface area (Å²) in [6.45, 7) is 7.16. The Morgan fingerprint density at radius 1 is 1.26 bits per heavy atom. The van der Waals surface area contributed by atoms with Crippen molar-refractivity contribution in [2.24, 2.45) is 0 Å². The highest BCUT2D eigenvalue weighted by atomic mass is 79.9. The predicted molar refractivity (Wildman–Crippen MR) is 104 cm³/mol. The van der Waals surface area contributed by atoms with Crippen molar-refractivity contribution < 1.29 is 19.1 Å². The number of halogens is 1. The summed E-state index contributed by atoms with van der Waals surface area (Å²) in [7, 11) is 0. The van der Waals surface area contributed by atoms with E-state index < -0.39 is 17.7 Å². The van der Waals surface area contributed by atoms with Crippen LogP contribution in [-0.2, 0) is 9.53 Å². The van der Waals surface area contributed by atoms with Crippen molar-refractivity contribution in [1.82, 2.24) is 14.8 Å². The zero-order chi connectivity index (χ0) is 19.6. The van der Waals surface area contributed by atoms with Crippen LogP contribution in [0.2, 0.25) is 0 Å². The zero-order valence-electron chi connectivity index (χ0n) is 16.0. The maximum Gasteiger partial charge on any atom is 0.410 e. The Kier molecular flexibility index (Phi) is 5.93. The van der Waals surface area contributed by atoms with Gasteiger partial charge in [-0.15, -0.1) is 0 Å². The highest BCUT2D eigenvalue weighted by Gasteiger charge is 2.40. The zero-order valence-corrected chi connectivity index (χ0v) is 17.6. The summed E-state index contributed by atoms with van der Waals surface area (Å²) in [5.74, 6) is 0.512. The van der Waals surface area contributed by atoms with Gasteiger partial charge in [-0.05, 0) is 61.7 Å². The summed E-state index contributed by atoms with van der Waals surface area (Å²) in [5, 5.41) is 0. The maximum atomic E-state index is 13.0. The molecule has 0 radical (unpaired) electrons. The largest absolute Gasteiger partial charge is 0.472 e. The molecule has 1 aromatic heterocycles. The van der Waals surface area contributed by atoms with E-state index in [0.717, 1.165) is 17.3 Å². The number of hydrogen-bond donors (Lipinski definition) is 0. The van der Waals surface area contributed by atoms with Gasteiger partial charge < -0.3 is 14.4 Å². The average Bonchev–Trinajstić information content (AvgIpc) is 3.24. The predicted octanol–water partition coefficient (Wildman–Crippen LogP) is 3.22. The van der Waals surface area contributed by atoms with Crippen LogP contribution in [0.1, 0.15) is 40.0 Å². The molecule has 2 aliphatic rings. The summed E-state index contributed by atoms with van der Waals surface area (Å²) in [6.07, 6.45) is 3.39. The summed E-state index contributed by atoms with van der Waals surface area (Å²) in [4.78, 5) is 33.0. The number of amides is 2. The van der Waals surface area contributed by atoms with Gasteiger partial charge in [0.2, 0.25) is 11.8 Å². The Morgan fingerprint density at radius 3 is 2.74 bits per heavy atom. The third kappa shape index (κ3) is 4.91. The fraction of sp³-hybridized carbons (Fsp3) is 0.632. The van der Waals surface area contributed by atoms with Crippen molar-refractivity contribution in [2.45, 2.75) is 57.8 Å². The van der Waals surface area contributed by atoms with E-state index in [9.17, 15) is 9.59 Å². The molecule has 27 heavy (non-hydrogen) atoms.